The Kier molecular flexibility index (Phi) is 4.51. The first kappa shape index (κ1) is 16.8. The molecular weight excluding hydrogens is 354 g/mol. The zero-order chi connectivity index (χ0) is 18.1. The van der Waals surface area contributed by atoms with Crippen LogP contribution in [-0.2, 0) is 6.42 Å². The largest absolute Gasteiger partial charge is 0.443 e. The van der Waals surface area contributed by atoms with Crippen molar-refractivity contribution in [2.75, 3.05) is 6.54 Å². The first-order valence-corrected chi connectivity index (χ1v) is 8.90. The maximum absolute atomic E-state index is 12.8. The van der Waals surface area contributed by atoms with Crippen molar-refractivity contribution < 1.29 is 13.6 Å². The predicted octanol–water partition coefficient (Wildman–Crippen LogP) is 4.19. The van der Waals surface area contributed by atoms with Crippen LogP contribution in [-0.4, -0.2) is 27.3 Å². The number of oxazole rings is 2. The fourth-order valence-electron chi connectivity index (χ4n) is 3.29. The van der Waals surface area contributed by atoms with E-state index in [4.69, 9.17) is 20.4 Å². The second kappa shape index (κ2) is 6.96. The van der Waals surface area contributed by atoms with Crippen LogP contribution >= 0.6 is 11.6 Å². The van der Waals surface area contributed by atoms with E-state index < -0.39 is 0 Å². The second-order valence-electron chi connectivity index (χ2n) is 6.36. The van der Waals surface area contributed by atoms with Gasteiger partial charge in [0.05, 0.1) is 11.9 Å². The third-order valence-corrected chi connectivity index (χ3v) is 5.00. The lowest BCUT2D eigenvalue weighted by atomic mass is 10.1. The van der Waals surface area contributed by atoms with Gasteiger partial charge in [0.2, 0.25) is 11.7 Å². The molecule has 0 N–H and O–H groups in total. The minimum atomic E-state index is -0.188. The molecule has 0 unspecified atom stereocenters. The van der Waals surface area contributed by atoms with Crippen molar-refractivity contribution in [1.82, 2.24) is 14.9 Å². The van der Waals surface area contributed by atoms with E-state index in [1.807, 2.05) is 24.3 Å². The van der Waals surface area contributed by atoms with Crippen LogP contribution in [0, 0.1) is 6.92 Å². The average Bonchev–Trinajstić information content (AvgIpc) is 3.36. The molecule has 7 heteroatoms. The summed E-state index contributed by atoms with van der Waals surface area (Å²) in [4.78, 5) is 22.9. The minimum absolute atomic E-state index is 0.173. The SMILES string of the molecule is Cc1ncoc1C(=O)N1CCC[C@H]1c1ncc(Cc2ccccc2Cl)o1. The number of likely N-dealkylation sites (tertiary alicyclic amines) is 1. The average molecular weight is 372 g/mol. The van der Waals surface area contributed by atoms with Gasteiger partial charge < -0.3 is 13.7 Å². The molecule has 134 valence electrons. The number of aryl methyl sites for hydroxylation is 1. The molecule has 3 heterocycles. The van der Waals surface area contributed by atoms with E-state index in [1.54, 1.807) is 18.0 Å². The number of rotatable bonds is 4. The monoisotopic (exact) mass is 371 g/mol. The van der Waals surface area contributed by atoms with Crippen LogP contribution in [0.3, 0.4) is 0 Å². The van der Waals surface area contributed by atoms with E-state index in [-0.39, 0.29) is 17.7 Å². The number of benzene rings is 1. The van der Waals surface area contributed by atoms with Gasteiger partial charge in [-0.1, -0.05) is 29.8 Å². The summed E-state index contributed by atoms with van der Waals surface area (Å²) in [6.07, 6.45) is 5.27. The molecule has 0 spiro atoms. The molecule has 2 aromatic heterocycles. The fraction of sp³-hybridized carbons (Fsp3) is 0.316. The second-order valence-corrected chi connectivity index (χ2v) is 6.76. The van der Waals surface area contributed by atoms with Crippen LogP contribution in [0.15, 0.2) is 45.7 Å². The van der Waals surface area contributed by atoms with Crippen molar-refractivity contribution in [2.45, 2.75) is 32.2 Å². The van der Waals surface area contributed by atoms with Gasteiger partial charge >= 0.3 is 0 Å². The van der Waals surface area contributed by atoms with Crippen LogP contribution < -0.4 is 0 Å². The van der Waals surface area contributed by atoms with E-state index in [2.05, 4.69) is 9.97 Å². The number of aromatic nitrogens is 2. The number of carbonyl (C=O) groups is 1. The Hall–Kier alpha value is -2.60. The molecule has 1 aliphatic heterocycles. The highest BCUT2D eigenvalue weighted by atomic mass is 35.5. The van der Waals surface area contributed by atoms with Crippen LogP contribution in [0.4, 0.5) is 0 Å². The van der Waals surface area contributed by atoms with E-state index in [0.29, 0.717) is 29.6 Å². The highest BCUT2D eigenvalue weighted by Crippen LogP contribution is 2.33. The molecule has 0 saturated carbocycles. The lowest BCUT2D eigenvalue weighted by Gasteiger charge is -2.21. The van der Waals surface area contributed by atoms with Crippen molar-refractivity contribution in [3.05, 3.63) is 70.5 Å². The fourth-order valence-corrected chi connectivity index (χ4v) is 3.49. The van der Waals surface area contributed by atoms with Crippen LogP contribution in [0.5, 0.6) is 0 Å². The van der Waals surface area contributed by atoms with Gasteiger partial charge in [-0.2, -0.15) is 0 Å². The van der Waals surface area contributed by atoms with Crippen molar-refractivity contribution in [3.8, 4) is 0 Å². The molecule has 4 rings (SSSR count). The summed E-state index contributed by atoms with van der Waals surface area (Å²) >= 11 is 6.21. The van der Waals surface area contributed by atoms with Crippen molar-refractivity contribution in [3.63, 3.8) is 0 Å². The number of hydrogen-bond donors (Lipinski definition) is 0. The molecule has 3 aromatic rings. The molecule has 1 fully saturated rings. The Balaban J connectivity index is 1.54. The van der Waals surface area contributed by atoms with E-state index >= 15 is 0 Å². The number of amides is 1. The molecule has 0 aliphatic carbocycles. The van der Waals surface area contributed by atoms with Gasteiger partial charge in [0.15, 0.2) is 6.39 Å². The van der Waals surface area contributed by atoms with Gasteiger partial charge in [-0.3, -0.25) is 4.79 Å². The summed E-state index contributed by atoms with van der Waals surface area (Å²) in [5.74, 6) is 1.38. The summed E-state index contributed by atoms with van der Waals surface area (Å²) in [6.45, 7) is 2.40. The number of carbonyl (C=O) groups excluding carboxylic acids is 1. The van der Waals surface area contributed by atoms with Crippen molar-refractivity contribution >= 4 is 17.5 Å². The van der Waals surface area contributed by atoms with Crippen molar-refractivity contribution in [1.29, 1.82) is 0 Å². The molecular formula is C19H18ClN3O3. The molecule has 1 aliphatic rings. The van der Waals surface area contributed by atoms with Gasteiger partial charge in [-0.05, 0) is 31.4 Å². The summed E-state index contributed by atoms with van der Waals surface area (Å²) in [7, 11) is 0. The summed E-state index contributed by atoms with van der Waals surface area (Å²) in [6, 6.07) is 7.46. The Morgan fingerprint density at radius 3 is 2.96 bits per heavy atom. The van der Waals surface area contributed by atoms with E-state index in [9.17, 15) is 4.79 Å². The van der Waals surface area contributed by atoms with Gasteiger partial charge in [-0.25, -0.2) is 9.97 Å². The Labute approximate surface area is 155 Å². The maximum Gasteiger partial charge on any atom is 0.292 e. The first-order chi connectivity index (χ1) is 12.6. The standard InChI is InChI=1S/C19H18ClN3O3/c1-12-17(25-11-22-12)19(24)23-8-4-7-16(23)18-21-10-14(26-18)9-13-5-2-3-6-15(13)20/h2-3,5-6,10-11,16H,4,7-9H2,1H3/t16-/m0/s1. The summed E-state index contributed by atoms with van der Waals surface area (Å²) < 4.78 is 11.2. The first-order valence-electron chi connectivity index (χ1n) is 8.52. The summed E-state index contributed by atoms with van der Waals surface area (Å²) in [5.41, 5.74) is 1.57. The van der Waals surface area contributed by atoms with Gasteiger partial charge in [-0.15, -0.1) is 0 Å². The van der Waals surface area contributed by atoms with Crippen LogP contribution in [0.1, 0.15) is 52.3 Å². The van der Waals surface area contributed by atoms with Crippen molar-refractivity contribution in [2.24, 2.45) is 0 Å². The van der Waals surface area contributed by atoms with Gasteiger partial charge in [0.25, 0.3) is 5.91 Å². The number of hydrogen-bond acceptors (Lipinski definition) is 5. The van der Waals surface area contributed by atoms with Crippen LogP contribution in [0.25, 0.3) is 0 Å². The smallest absolute Gasteiger partial charge is 0.292 e. The zero-order valence-electron chi connectivity index (χ0n) is 14.3. The van der Waals surface area contributed by atoms with Gasteiger partial charge in [0, 0.05) is 18.0 Å². The Morgan fingerprint density at radius 2 is 2.19 bits per heavy atom. The molecule has 0 radical (unpaired) electrons. The number of nitrogens with zero attached hydrogens (tertiary/aromatic N) is 3. The molecule has 6 nitrogen and oxygen atoms in total. The Morgan fingerprint density at radius 1 is 1.35 bits per heavy atom. The lowest BCUT2D eigenvalue weighted by Crippen LogP contribution is -2.30. The quantitative estimate of drug-likeness (QED) is 0.687. The molecule has 1 atom stereocenters. The molecule has 26 heavy (non-hydrogen) atoms. The predicted molar refractivity (Wildman–Crippen MR) is 95.0 cm³/mol. The highest BCUT2D eigenvalue weighted by Gasteiger charge is 2.35. The third-order valence-electron chi connectivity index (χ3n) is 4.63. The topological polar surface area (TPSA) is 72.4 Å². The molecule has 0 bridgehead atoms. The summed E-state index contributed by atoms with van der Waals surface area (Å²) in [5, 5.41) is 0.698. The van der Waals surface area contributed by atoms with E-state index in [0.717, 1.165) is 24.2 Å². The minimum Gasteiger partial charge on any atom is -0.443 e. The lowest BCUT2D eigenvalue weighted by molar-refractivity contribution is 0.0681. The number of halogens is 1. The Bertz CT molecular complexity index is 934. The van der Waals surface area contributed by atoms with Crippen LogP contribution in [0.2, 0.25) is 5.02 Å². The zero-order valence-corrected chi connectivity index (χ0v) is 15.1. The molecule has 1 aromatic carbocycles. The van der Waals surface area contributed by atoms with Gasteiger partial charge in [0.1, 0.15) is 11.8 Å². The maximum atomic E-state index is 12.8. The third kappa shape index (κ3) is 3.12. The molecule has 1 saturated heterocycles. The normalized spacial score (nSPS) is 17.0. The molecule has 1 amide bonds. The highest BCUT2D eigenvalue weighted by molar-refractivity contribution is 6.31. The van der Waals surface area contributed by atoms with E-state index in [1.165, 1.54) is 6.39 Å².